The van der Waals surface area contributed by atoms with Crippen molar-refractivity contribution in [1.82, 2.24) is 4.98 Å². The Bertz CT molecular complexity index is 650. The maximum Gasteiger partial charge on any atom is 0.142 e. The molecule has 1 heterocycles. The summed E-state index contributed by atoms with van der Waals surface area (Å²) in [6.07, 6.45) is 1.42. The van der Waals surface area contributed by atoms with E-state index in [1.807, 2.05) is 13.8 Å². The van der Waals surface area contributed by atoms with Crippen LogP contribution in [0.3, 0.4) is 0 Å². The van der Waals surface area contributed by atoms with Crippen LogP contribution in [-0.2, 0) is 0 Å². The molecule has 1 unspecified atom stereocenters. The van der Waals surface area contributed by atoms with Crippen molar-refractivity contribution in [1.29, 1.82) is 0 Å². The van der Waals surface area contributed by atoms with E-state index in [-0.39, 0.29) is 16.7 Å². The van der Waals surface area contributed by atoms with Crippen LogP contribution in [-0.4, -0.2) is 16.2 Å². The van der Waals surface area contributed by atoms with Gasteiger partial charge in [0.2, 0.25) is 0 Å². The minimum absolute atomic E-state index is 0.0658. The molecular formula is C15H14ClF2NO2. The van der Waals surface area contributed by atoms with Gasteiger partial charge >= 0.3 is 0 Å². The standard InChI is InChI=1S/C15H14ClF2NO2/c1-8(2)21-10-3-9(6-19-7-10)15(20)11-4-14(18)12(16)5-13(11)17/h3-8,15,20H,1-2H3. The molecule has 2 rings (SSSR count). The molecule has 3 nitrogen and oxygen atoms in total. The number of hydrogen-bond donors (Lipinski definition) is 1. The third-order valence-electron chi connectivity index (χ3n) is 2.76. The van der Waals surface area contributed by atoms with E-state index in [9.17, 15) is 13.9 Å². The maximum atomic E-state index is 13.8. The summed E-state index contributed by atoms with van der Waals surface area (Å²) in [5.41, 5.74) is 0.0918. The molecule has 21 heavy (non-hydrogen) atoms. The van der Waals surface area contributed by atoms with Gasteiger partial charge in [0, 0.05) is 17.3 Å². The minimum Gasteiger partial charge on any atom is -0.489 e. The zero-order valence-electron chi connectivity index (χ0n) is 11.5. The van der Waals surface area contributed by atoms with Gasteiger partial charge in [-0.1, -0.05) is 11.6 Å². The lowest BCUT2D eigenvalue weighted by Gasteiger charge is -2.15. The molecule has 2 aromatic rings. The SMILES string of the molecule is CC(C)Oc1cncc(C(O)c2cc(F)c(Cl)cc2F)c1. The summed E-state index contributed by atoms with van der Waals surface area (Å²) < 4.78 is 32.7. The number of aliphatic hydroxyl groups is 1. The molecule has 1 aromatic carbocycles. The highest BCUT2D eigenvalue weighted by atomic mass is 35.5. The number of rotatable bonds is 4. The Hall–Kier alpha value is -1.72. The molecule has 0 fully saturated rings. The Morgan fingerprint density at radius 1 is 1.14 bits per heavy atom. The molecule has 0 spiro atoms. The fourth-order valence-electron chi connectivity index (χ4n) is 1.85. The monoisotopic (exact) mass is 313 g/mol. The lowest BCUT2D eigenvalue weighted by molar-refractivity contribution is 0.210. The predicted molar refractivity (Wildman–Crippen MR) is 75.4 cm³/mol. The number of halogens is 3. The molecule has 0 saturated heterocycles. The zero-order valence-corrected chi connectivity index (χ0v) is 12.2. The number of pyridine rings is 1. The van der Waals surface area contributed by atoms with Crippen LogP contribution in [0.5, 0.6) is 5.75 Å². The average Bonchev–Trinajstić information content (AvgIpc) is 2.41. The quantitative estimate of drug-likeness (QED) is 0.871. The minimum atomic E-state index is -1.36. The summed E-state index contributed by atoms with van der Waals surface area (Å²) in [4.78, 5) is 3.93. The van der Waals surface area contributed by atoms with E-state index < -0.39 is 17.7 Å². The molecule has 0 radical (unpaired) electrons. The van der Waals surface area contributed by atoms with Crippen LogP contribution < -0.4 is 4.74 Å². The molecule has 0 aliphatic heterocycles. The fraction of sp³-hybridized carbons (Fsp3) is 0.267. The van der Waals surface area contributed by atoms with Crippen LogP contribution in [0.1, 0.15) is 31.1 Å². The highest BCUT2D eigenvalue weighted by Crippen LogP contribution is 2.29. The molecule has 112 valence electrons. The molecular weight excluding hydrogens is 300 g/mol. The first-order valence-corrected chi connectivity index (χ1v) is 6.70. The second kappa shape index (κ2) is 6.37. The van der Waals surface area contributed by atoms with Crippen molar-refractivity contribution in [2.24, 2.45) is 0 Å². The van der Waals surface area contributed by atoms with Crippen LogP contribution in [0, 0.1) is 11.6 Å². The van der Waals surface area contributed by atoms with Gasteiger partial charge in [-0.15, -0.1) is 0 Å². The summed E-state index contributed by atoms with van der Waals surface area (Å²) >= 11 is 5.49. The summed E-state index contributed by atoms with van der Waals surface area (Å²) in [5.74, 6) is -1.14. The molecule has 0 saturated carbocycles. The Morgan fingerprint density at radius 2 is 1.86 bits per heavy atom. The van der Waals surface area contributed by atoms with Crippen molar-refractivity contribution in [3.8, 4) is 5.75 Å². The van der Waals surface area contributed by atoms with E-state index in [0.717, 1.165) is 12.1 Å². The number of aromatic nitrogens is 1. The van der Waals surface area contributed by atoms with Gasteiger partial charge in [0.25, 0.3) is 0 Å². The van der Waals surface area contributed by atoms with E-state index in [0.29, 0.717) is 11.3 Å². The second-order valence-corrected chi connectivity index (χ2v) is 5.22. The van der Waals surface area contributed by atoms with Gasteiger partial charge in [0.1, 0.15) is 23.5 Å². The van der Waals surface area contributed by atoms with Gasteiger partial charge in [0.05, 0.1) is 17.3 Å². The summed E-state index contributed by atoms with van der Waals surface area (Å²) in [6.45, 7) is 3.69. The van der Waals surface area contributed by atoms with Gasteiger partial charge in [-0.2, -0.15) is 0 Å². The van der Waals surface area contributed by atoms with E-state index in [1.165, 1.54) is 18.5 Å². The Labute approximate surface area is 126 Å². The normalized spacial score (nSPS) is 12.5. The van der Waals surface area contributed by atoms with Gasteiger partial charge in [-0.3, -0.25) is 4.98 Å². The molecule has 0 aliphatic carbocycles. The molecule has 0 bridgehead atoms. The Balaban J connectivity index is 2.36. The average molecular weight is 314 g/mol. The second-order valence-electron chi connectivity index (χ2n) is 4.81. The van der Waals surface area contributed by atoms with Crippen LogP contribution >= 0.6 is 11.6 Å². The largest absolute Gasteiger partial charge is 0.489 e. The topological polar surface area (TPSA) is 42.4 Å². The van der Waals surface area contributed by atoms with Crippen molar-refractivity contribution in [3.05, 3.63) is 58.4 Å². The van der Waals surface area contributed by atoms with Crippen molar-refractivity contribution >= 4 is 11.6 Å². The fourth-order valence-corrected chi connectivity index (χ4v) is 2.00. The smallest absolute Gasteiger partial charge is 0.142 e. The third kappa shape index (κ3) is 3.68. The van der Waals surface area contributed by atoms with Gasteiger partial charge in [-0.25, -0.2) is 8.78 Å². The van der Waals surface area contributed by atoms with Gasteiger partial charge < -0.3 is 9.84 Å². The maximum absolute atomic E-state index is 13.8. The molecule has 1 atom stereocenters. The van der Waals surface area contributed by atoms with Crippen LogP contribution in [0.15, 0.2) is 30.6 Å². The molecule has 1 aromatic heterocycles. The number of benzene rings is 1. The number of ether oxygens (including phenoxy) is 1. The van der Waals surface area contributed by atoms with Gasteiger partial charge in [-0.05, 0) is 32.0 Å². The van der Waals surface area contributed by atoms with E-state index in [2.05, 4.69) is 4.98 Å². The molecule has 6 heteroatoms. The van der Waals surface area contributed by atoms with Gasteiger partial charge in [0.15, 0.2) is 0 Å². The summed E-state index contributed by atoms with van der Waals surface area (Å²) in [7, 11) is 0. The van der Waals surface area contributed by atoms with Crippen LogP contribution in [0.25, 0.3) is 0 Å². The van der Waals surface area contributed by atoms with Crippen molar-refractivity contribution in [2.75, 3.05) is 0 Å². The third-order valence-corrected chi connectivity index (χ3v) is 3.05. The van der Waals surface area contributed by atoms with Crippen molar-refractivity contribution in [2.45, 2.75) is 26.1 Å². The van der Waals surface area contributed by atoms with Crippen molar-refractivity contribution < 1.29 is 18.6 Å². The highest BCUT2D eigenvalue weighted by Gasteiger charge is 2.19. The van der Waals surface area contributed by atoms with Crippen molar-refractivity contribution in [3.63, 3.8) is 0 Å². The van der Waals surface area contributed by atoms with Crippen LogP contribution in [0.2, 0.25) is 5.02 Å². The first-order valence-electron chi connectivity index (χ1n) is 6.32. The lowest BCUT2D eigenvalue weighted by atomic mass is 10.0. The van der Waals surface area contributed by atoms with E-state index >= 15 is 0 Å². The number of aliphatic hydroxyl groups excluding tert-OH is 1. The predicted octanol–water partition coefficient (Wildman–Crippen LogP) is 3.88. The molecule has 1 N–H and O–H groups in total. The lowest BCUT2D eigenvalue weighted by Crippen LogP contribution is -2.08. The number of nitrogens with zero attached hydrogens (tertiary/aromatic N) is 1. The summed E-state index contributed by atoms with van der Waals surface area (Å²) in [5, 5.41) is 9.87. The first-order chi connectivity index (χ1) is 9.88. The first kappa shape index (κ1) is 15.7. The zero-order chi connectivity index (χ0) is 15.6. The van der Waals surface area contributed by atoms with Crippen LogP contribution in [0.4, 0.5) is 8.78 Å². The summed E-state index contributed by atoms with van der Waals surface area (Å²) in [6, 6.07) is 3.24. The number of hydrogen-bond acceptors (Lipinski definition) is 3. The Morgan fingerprint density at radius 3 is 2.52 bits per heavy atom. The van der Waals surface area contributed by atoms with E-state index in [1.54, 1.807) is 0 Å². The van der Waals surface area contributed by atoms with E-state index in [4.69, 9.17) is 16.3 Å². The Kier molecular flexibility index (Phi) is 4.75. The molecule has 0 aliphatic rings. The molecule has 0 amide bonds. The highest BCUT2D eigenvalue weighted by molar-refractivity contribution is 6.30.